The molecule has 1 heterocycles. The van der Waals surface area contributed by atoms with Gasteiger partial charge in [-0.05, 0) is 26.3 Å². The van der Waals surface area contributed by atoms with Crippen molar-refractivity contribution in [3.8, 4) is 0 Å². The average Bonchev–Trinajstić information content (AvgIpc) is 2.51. The van der Waals surface area contributed by atoms with E-state index in [0.717, 1.165) is 11.8 Å². The van der Waals surface area contributed by atoms with Gasteiger partial charge in [0.1, 0.15) is 17.1 Å². The fourth-order valence-electron chi connectivity index (χ4n) is 3.12. The van der Waals surface area contributed by atoms with Crippen molar-refractivity contribution >= 4 is 22.2 Å². The average molecular weight is 413 g/mol. The van der Waals surface area contributed by atoms with Gasteiger partial charge in [-0.25, -0.2) is 4.79 Å². The van der Waals surface area contributed by atoms with E-state index in [1.165, 1.54) is 12.0 Å². The van der Waals surface area contributed by atoms with Crippen LogP contribution >= 0.6 is 0 Å². The van der Waals surface area contributed by atoms with Gasteiger partial charge < -0.3 is 14.4 Å². The Hall–Kier alpha value is -2.13. The predicted molar refractivity (Wildman–Crippen MR) is 102 cm³/mol. The number of nitrogens with zero attached hydrogens (tertiary/aromatic N) is 1. The number of methoxy groups -OCH3 is 1. The Labute approximate surface area is 165 Å². The summed E-state index contributed by atoms with van der Waals surface area (Å²) in [6.45, 7) is 5.11. The molecule has 156 valence electrons. The van der Waals surface area contributed by atoms with Crippen molar-refractivity contribution in [1.29, 1.82) is 0 Å². The smallest absolute Gasteiger partial charge is 0.410 e. The molecule has 28 heavy (non-hydrogen) atoms. The molecule has 1 atom stereocenters. The van der Waals surface area contributed by atoms with Crippen LogP contribution in [0.15, 0.2) is 30.3 Å². The number of esters is 1. The van der Waals surface area contributed by atoms with Gasteiger partial charge in [-0.2, -0.15) is 8.42 Å². The quantitative estimate of drug-likeness (QED) is 0.519. The summed E-state index contributed by atoms with van der Waals surface area (Å²) in [6, 6.07) is 9.08. The second-order valence-corrected chi connectivity index (χ2v) is 9.56. The molecule has 0 saturated carbocycles. The number of amides is 1. The minimum atomic E-state index is -3.85. The van der Waals surface area contributed by atoms with Gasteiger partial charge in [-0.1, -0.05) is 30.3 Å². The van der Waals surface area contributed by atoms with E-state index in [2.05, 4.69) is 0 Å². The highest BCUT2D eigenvalue weighted by Crippen LogP contribution is 2.40. The fourth-order valence-corrected chi connectivity index (χ4v) is 3.79. The number of ether oxygens (including phenoxy) is 2. The van der Waals surface area contributed by atoms with Crippen LogP contribution in [-0.4, -0.2) is 63.5 Å². The second-order valence-electron chi connectivity index (χ2n) is 7.96. The van der Waals surface area contributed by atoms with Gasteiger partial charge in [0.25, 0.3) is 10.1 Å². The first-order valence-corrected chi connectivity index (χ1v) is 10.7. The van der Waals surface area contributed by atoms with Crippen LogP contribution in [0.4, 0.5) is 4.79 Å². The van der Waals surface area contributed by atoms with Crippen LogP contribution in [0, 0.1) is 5.41 Å². The second kappa shape index (κ2) is 8.08. The summed E-state index contributed by atoms with van der Waals surface area (Å²) in [5, 5.41) is 0. The molecule has 1 amide bonds. The Balaban J connectivity index is 2.29. The Morgan fingerprint density at radius 3 is 2.21 bits per heavy atom. The molecule has 8 nitrogen and oxygen atoms in total. The van der Waals surface area contributed by atoms with Crippen LogP contribution in [0.1, 0.15) is 26.3 Å². The highest BCUT2D eigenvalue weighted by molar-refractivity contribution is 7.86. The summed E-state index contributed by atoms with van der Waals surface area (Å²) in [7, 11) is -2.63. The van der Waals surface area contributed by atoms with Gasteiger partial charge in [0.2, 0.25) is 0 Å². The lowest BCUT2D eigenvalue weighted by Gasteiger charge is -2.50. The van der Waals surface area contributed by atoms with Crippen molar-refractivity contribution in [2.75, 3.05) is 26.5 Å². The lowest BCUT2D eigenvalue weighted by Crippen LogP contribution is -2.68. The molecule has 1 saturated heterocycles. The molecule has 1 aliphatic rings. The minimum absolute atomic E-state index is 0.0540. The SMILES string of the molecule is COC(=O)C1(C(Cc2ccccc2)OS(C)(=O)=O)CN(C(=O)OC(C)(C)C)C1. The minimum Gasteiger partial charge on any atom is -0.468 e. The zero-order valence-electron chi connectivity index (χ0n) is 16.8. The van der Waals surface area contributed by atoms with E-state index < -0.39 is 39.3 Å². The Kier molecular flexibility index (Phi) is 6.40. The van der Waals surface area contributed by atoms with E-state index in [4.69, 9.17) is 13.7 Å². The molecule has 0 spiro atoms. The Morgan fingerprint density at radius 1 is 1.18 bits per heavy atom. The molecule has 1 fully saturated rings. The van der Waals surface area contributed by atoms with Crippen molar-refractivity contribution in [2.45, 2.75) is 38.9 Å². The highest BCUT2D eigenvalue weighted by atomic mass is 32.2. The van der Waals surface area contributed by atoms with Crippen LogP contribution < -0.4 is 0 Å². The number of carbonyl (C=O) groups is 2. The van der Waals surface area contributed by atoms with Gasteiger partial charge in [-0.3, -0.25) is 8.98 Å². The highest BCUT2D eigenvalue weighted by Gasteiger charge is 2.59. The molecule has 0 N–H and O–H groups in total. The molecule has 9 heteroatoms. The molecule has 1 aromatic carbocycles. The fraction of sp³-hybridized carbons (Fsp3) is 0.579. The van der Waals surface area contributed by atoms with Crippen LogP contribution in [0.3, 0.4) is 0 Å². The summed E-state index contributed by atoms with van der Waals surface area (Å²) >= 11 is 0. The maximum Gasteiger partial charge on any atom is 0.410 e. The van der Waals surface area contributed by atoms with Crippen molar-refractivity contribution in [3.05, 3.63) is 35.9 Å². The summed E-state index contributed by atoms with van der Waals surface area (Å²) in [4.78, 5) is 26.2. The third kappa shape index (κ3) is 5.45. The molecular weight excluding hydrogens is 386 g/mol. The van der Waals surface area contributed by atoms with E-state index in [-0.39, 0.29) is 19.5 Å². The molecule has 1 unspecified atom stereocenters. The van der Waals surface area contributed by atoms with Crippen molar-refractivity contribution in [3.63, 3.8) is 0 Å². The number of benzene rings is 1. The van der Waals surface area contributed by atoms with Crippen molar-refractivity contribution < 1.29 is 31.7 Å². The van der Waals surface area contributed by atoms with Crippen LogP contribution in [0.5, 0.6) is 0 Å². The lowest BCUT2D eigenvalue weighted by molar-refractivity contribution is -0.174. The summed E-state index contributed by atoms with van der Waals surface area (Å²) < 4.78 is 39.2. The zero-order valence-corrected chi connectivity index (χ0v) is 17.6. The molecule has 0 bridgehead atoms. The largest absolute Gasteiger partial charge is 0.468 e. The molecule has 0 radical (unpaired) electrons. The lowest BCUT2D eigenvalue weighted by atomic mass is 9.73. The van der Waals surface area contributed by atoms with E-state index in [9.17, 15) is 18.0 Å². The molecule has 0 aromatic heterocycles. The van der Waals surface area contributed by atoms with E-state index >= 15 is 0 Å². The molecule has 0 aliphatic carbocycles. The third-order valence-electron chi connectivity index (χ3n) is 4.36. The predicted octanol–water partition coefficient (Wildman–Crippen LogP) is 1.98. The topological polar surface area (TPSA) is 99.2 Å². The van der Waals surface area contributed by atoms with Gasteiger partial charge in [0.05, 0.1) is 13.4 Å². The molecule has 1 aliphatic heterocycles. The third-order valence-corrected chi connectivity index (χ3v) is 4.94. The Morgan fingerprint density at radius 2 is 1.75 bits per heavy atom. The van der Waals surface area contributed by atoms with E-state index in [0.29, 0.717) is 0 Å². The van der Waals surface area contributed by atoms with Crippen LogP contribution in [0.25, 0.3) is 0 Å². The number of hydrogen-bond acceptors (Lipinski definition) is 7. The first kappa shape index (κ1) is 22.2. The van der Waals surface area contributed by atoms with E-state index in [1.54, 1.807) is 20.8 Å². The Bertz CT molecular complexity index is 808. The van der Waals surface area contributed by atoms with Crippen LogP contribution in [0.2, 0.25) is 0 Å². The summed E-state index contributed by atoms with van der Waals surface area (Å²) in [5.74, 6) is -0.628. The number of carbonyl (C=O) groups excluding carboxylic acids is 2. The van der Waals surface area contributed by atoms with Gasteiger partial charge in [-0.15, -0.1) is 0 Å². The molecular formula is C19H27NO7S. The van der Waals surface area contributed by atoms with Crippen LogP contribution in [-0.2, 0) is 35.0 Å². The molecule has 1 aromatic rings. The molecule has 2 rings (SSSR count). The summed E-state index contributed by atoms with van der Waals surface area (Å²) in [5.41, 5.74) is -1.19. The number of rotatable bonds is 6. The van der Waals surface area contributed by atoms with E-state index in [1.807, 2.05) is 30.3 Å². The zero-order chi connectivity index (χ0) is 21.2. The standard InChI is InChI=1S/C19H27NO7S/c1-18(2,3)26-17(22)20-12-19(13-20,16(21)25-4)15(27-28(5,23)24)11-14-9-7-6-8-10-14/h6-10,15H,11-13H2,1-5H3. The maximum atomic E-state index is 12.6. The first-order valence-electron chi connectivity index (χ1n) is 8.85. The maximum absolute atomic E-state index is 12.6. The summed E-state index contributed by atoms with van der Waals surface area (Å²) in [6.07, 6.45) is -0.494. The number of hydrogen-bond donors (Lipinski definition) is 0. The number of likely N-dealkylation sites (tertiary alicyclic amines) is 1. The monoisotopic (exact) mass is 413 g/mol. The van der Waals surface area contributed by atoms with Gasteiger partial charge in [0, 0.05) is 19.5 Å². The van der Waals surface area contributed by atoms with Crippen molar-refractivity contribution in [1.82, 2.24) is 4.90 Å². The first-order chi connectivity index (χ1) is 12.9. The van der Waals surface area contributed by atoms with Gasteiger partial charge in [0.15, 0.2) is 0 Å². The van der Waals surface area contributed by atoms with Gasteiger partial charge >= 0.3 is 12.1 Å². The normalized spacial score (nSPS) is 17.4. The van der Waals surface area contributed by atoms with Crippen molar-refractivity contribution in [2.24, 2.45) is 5.41 Å².